The number of benzene rings is 1. The van der Waals surface area contributed by atoms with Crippen LogP contribution < -0.4 is 0 Å². The van der Waals surface area contributed by atoms with Gasteiger partial charge in [-0.15, -0.1) is 4.31 Å². The molecule has 1 heterocycles. The fourth-order valence-corrected chi connectivity index (χ4v) is 4.02. The quantitative estimate of drug-likeness (QED) is 0.804. The highest BCUT2D eigenvalue weighted by Gasteiger charge is 2.45. The molecule has 0 aliphatic heterocycles. The van der Waals surface area contributed by atoms with Crippen molar-refractivity contribution in [2.24, 2.45) is 0 Å². The number of hydrogen-bond donors (Lipinski definition) is 1. The highest BCUT2D eigenvalue weighted by atomic mass is 32.2. The van der Waals surface area contributed by atoms with Gasteiger partial charge in [-0.1, -0.05) is 12.1 Å². The first-order valence-corrected chi connectivity index (χ1v) is 9.30. The first-order chi connectivity index (χ1) is 12.0. The predicted octanol–water partition coefficient (Wildman–Crippen LogP) is 3.51. The van der Waals surface area contributed by atoms with Crippen molar-refractivity contribution in [1.82, 2.24) is 9.29 Å². The minimum absolute atomic E-state index is 0.154. The van der Waals surface area contributed by atoms with Crippen molar-refractivity contribution in [3.05, 3.63) is 65.0 Å². The molecular weight excluding hydrogens is 358 g/mol. The smallest absolute Gasteiger partial charge is 0.159 e. The molecule has 0 fully saturated rings. The van der Waals surface area contributed by atoms with Gasteiger partial charge >= 0.3 is 0 Å². The SMILES string of the molecule is CN([S+]([O-])C(C)(C)C)C(C)(c1ccc(F)c(F)c1)c1ccc(CO)cn1. The molecule has 0 aliphatic rings. The highest BCUT2D eigenvalue weighted by Crippen LogP contribution is 2.38. The van der Waals surface area contributed by atoms with Crippen LogP contribution in [0.5, 0.6) is 0 Å². The number of nitrogens with zero attached hydrogens (tertiary/aromatic N) is 2. The first kappa shape index (κ1) is 20.8. The molecule has 0 saturated heterocycles. The lowest BCUT2D eigenvalue weighted by Crippen LogP contribution is -2.51. The second-order valence-electron chi connectivity index (χ2n) is 7.27. The lowest BCUT2D eigenvalue weighted by atomic mass is 9.88. The average molecular weight is 382 g/mol. The molecule has 0 saturated carbocycles. The second kappa shape index (κ2) is 7.60. The molecule has 0 bridgehead atoms. The Balaban J connectivity index is 2.64. The van der Waals surface area contributed by atoms with E-state index in [9.17, 15) is 18.4 Å². The Labute approximate surface area is 156 Å². The maximum Gasteiger partial charge on any atom is 0.159 e. The zero-order valence-electron chi connectivity index (χ0n) is 15.6. The van der Waals surface area contributed by atoms with E-state index in [0.717, 1.165) is 12.1 Å². The zero-order valence-corrected chi connectivity index (χ0v) is 16.4. The van der Waals surface area contributed by atoms with Crippen LogP contribution in [-0.2, 0) is 23.5 Å². The highest BCUT2D eigenvalue weighted by molar-refractivity contribution is 7.90. The average Bonchev–Trinajstić information content (AvgIpc) is 2.61. The van der Waals surface area contributed by atoms with Crippen molar-refractivity contribution in [2.75, 3.05) is 7.05 Å². The van der Waals surface area contributed by atoms with E-state index in [1.807, 2.05) is 20.8 Å². The fourth-order valence-electron chi connectivity index (χ4n) is 2.67. The van der Waals surface area contributed by atoms with Crippen molar-refractivity contribution in [2.45, 2.75) is 44.6 Å². The Morgan fingerprint density at radius 2 is 1.77 bits per heavy atom. The van der Waals surface area contributed by atoms with Gasteiger partial charge in [-0.05, 0) is 57.0 Å². The van der Waals surface area contributed by atoms with Crippen molar-refractivity contribution < 1.29 is 18.4 Å². The summed E-state index contributed by atoms with van der Waals surface area (Å²) in [5.41, 5.74) is 0.503. The van der Waals surface area contributed by atoms with E-state index in [-0.39, 0.29) is 6.61 Å². The van der Waals surface area contributed by atoms with Crippen LogP contribution in [0.15, 0.2) is 36.5 Å². The monoisotopic (exact) mass is 382 g/mol. The number of rotatable bonds is 5. The van der Waals surface area contributed by atoms with Crippen LogP contribution in [-0.4, -0.2) is 30.7 Å². The molecule has 26 heavy (non-hydrogen) atoms. The van der Waals surface area contributed by atoms with Gasteiger partial charge in [-0.3, -0.25) is 4.98 Å². The molecule has 2 unspecified atom stereocenters. The first-order valence-electron chi connectivity index (χ1n) is 8.19. The van der Waals surface area contributed by atoms with E-state index in [1.54, 1.807) is 30.4 Å². The molecule has 2 rings (SSSR count). The normalized spacial score (nSPS) is 15.8. The molecule has 0 radical (unpaired) electrons. The second-order valence-corrected chi connectivity index (χ2v) is 9.54. The fraction of sp³-hybridized carbons (Fsp3) is 0.421. The summed E-state index contributed by atoms with van der Waals surface area (Å²) < 4.78 is 41.5. The summed E-state index contributed by atoms with van der Waals surface area (Å²) in [6.07, 6.45) is 1.52. The number of aromatic nitrogens is 1. The van der Waals surface area contributed by atoms with Crippen molar-refractivity contribution >= 4 is 11.4 Å². The minimum atomic E-state index is -1.44. The van der Waals surface area contributed by atoms with E-state index in [2.05, 4.69) is 4.98 Å². The van der Waals surface area contributed by atoms with Crippen LogP contribution in [0.25, 0.3) is 0 Å². The summed E-state index contributed by atoms with van der Waals surface area (Å²) in [6, 6.07) is 7.03. The number of halogens is 2. The molecule has 142 valence electrons. The Bertz CT molecular complexity index is 765. The van der Waals surface area contributed by atoms with Gasteiger partial charge < -0.3 is 9.66 Å². The van der Waals surface area contributed by atoms with Gasteiger partial charge in [0.15, 0.2) is 11.6 Å². The van der Waals surface area contributed by atoms with Crippen LogP contribution in [0.2, 0.25) is 0 Å². The standard InChI is InChI=1S/C19H24F2N2O2S/c1-18(2,3)26(25)23(5)19(4,14-7-8-15(20)16(21)10-14)17-9-6-13(12-24)11-22-17/h6-11,24H,12H2,1-5H3. The summed E-state index contributed by atoms with van der Waals surface area (Å²) in [6.45, 7) is 7.14. The third-order valence-corrected chi connectivity index (χ3v) is 6.30. The van der Waals surface area contributed by atoms with E-state index in [1.165, 1.54) is 12.3 Å². The van der Waals surface area contributed by atoms with Gasteiger partial charge in [0.05, 0.1) is 12.3 Å². The van der Waals surface area contributed by atoms with Crippen LogP contribution in [0.1, 0.15) is 44.5 Å². The molecule has 1 aromatic heterocycles. The molecule has 0 amide bonds. The van der Waals surface area contributed by atoms with Gasteiger partial charge in [0.1, 0.15) is 10.3 Å². The van der Waals surface area contributed by atoms with Crippen molar-refractivity contribution in [1.29, 1.82) is 0 Å². The van der Waals surface area contributed by atoms with Crippen LogP contribution in [0.3, 0.4) is 0 Å². The molecular formula is C19H24F2N2O2S. The van der Waals surface area contributed by atoms with Gasteiger partial charge in [-0.2, -0.15) is 0 Å². The van der Waals surface area contributed by atoms with E-state index in [4.69, 9.17) is 0 Å². The van der Waals surface area contributed by atoms with Gasteiger partial charge in [0, 0.05) is 24.6 Å². The molecule has 2 atom stereocenters. The van der Waals surface area contributed by atoms with E-state index >= 15 is 0 Å². The summed E-state index contributed by atoms with van der Waals surface area (Å²) in [5, 5.41) is 9.23. The van der Waals surface area contributed by atoms with E-state index < -0.39 is 33.3 Å². The number of hydrogen-bond acceptors (Lipinski definition) is 4. The summed E-state index contributed by atoms with van der Waals surface area (Å²) >= 11 is -1.44. The number of aliphatic hydroxyl groups is 1. The lowest BCUT2D eigenvalue weighted by molar-refractivity contribution is 0.275. The molecule has 7 heteroatoms. The van der Waals surface area contributed by atoms with Crippen molar-refractivity contribution in [3.63, 3.8) is 0 Å². The molecule has 4 nitrogen and oxygen atoms in total. The lowest BCUT2D eigenvalue weighted by Gasteiger charge is -2.41. The molecule has 0 spiro atoms. The topological polar surface area (TPSA) is 59.4 Å². The molecule has 0 aliphatic carbocycles. The third-order valence-electron chi connectivity index (χ3n) is 4.39. The zero-order chi connectivity index (χ0) is 19.7. The van der Waals surface area contributed by atoms with Gasteiger partial charge in [0.2, 0.25) is 0 Å². The Morgan fingerprint density at radius 1 is 1.12 bits per heavy atom. The summed E-state index contributed by atoms with van der Waals surface area (Å²) in [5.74, 6) is -1.92. The largest absolute Gasteiger partial charge is 0.597 e. The van der Waals surface area contributed by atoms with E-state index in [0.29, 0.717) is 16.8 Å². The summed E-state index contributed by atoms with van der Waals surface area (Å²) in [4.78, 5) is 4.38. The molecule has 1 N–H and O–H groups in total. The summed E-state index contributed by atoms with van der Waals surface area (Å²) in [7, 11) is 1.67. The number of aliphatic hydroxyl groups excluding tert-OH is 1. The van der Waals surface area contributed by atoms with Gasteiger partial charge in [-0.25, -0.2) is 8.78 Å². The van der Waals surface area contributed by atoms with Crippen LogP contribution >= 0.6 is 0 Å². The molecule has 2 aromatic rings. The third kappa shape index (κ3) is 3.91. The Hall–Kier alpha value is -1.54. The number of pyridine rings is 1. The molecule has 1 aromatic carbocycles. The maximum atomic E-state index is 13.9. The van der Waals surface area contributed by atoms with Crippen LogP contribution in [0.4, 0.5) is 8.78 Å². The predicted molar refractivity (Wildman–Crippen MR) is 98.6 cm³/mol. The minimum Gasteiger partial charge on any atom is -0.597 e. The van der Waals surface area contributed by atoms with Crippen LogP contribution in [0, 0.1) is 11.6 Å². The van der Waals surface area contributed by atoms with Crippen molar-refractivity contribution in [3.8, 4) is 0 Å². The van der Waals surface area contributed by atoms with Gasteiger partial charge in [0.25, 0.3) is 0 Å². The maximum absolute atomic E-state index is 13.9. The Kier molecular flexibility index (Phi) is 6.07. The Morgan fingerprint density at radius 3 is 2.23 bits per heavy atom.